The number of rotatable bonds is 7. The lowest BCUT2D eigenvalue weighted by molar-refractivity contribution is 0.0988. The van der Waals surface area contributed by atoms with Gasteiger partial charge < -0.3 is 10.1 Å². The first-order valence-electron chi connectivity index (χ1n) is 6.13. The number of hydrogen-bond acceptors (Lipinski definition) is 3. The average Bonchev–Trinajstić information content (AvgIpc) is 2.34. The lowest BCUT2D eigenvalue weighted by Crippen LogP contribution is -2.29. The number of carbonyl (C=O) groups is 1. The standard InChI is InChI=1S/C15H21NO2/c1-11(2)10-18-14-7-5-13(6-8-14)15(17)9-16-12(3)4/h5-8,12,16H,1,9-10H2,2-4H3. The van der Waals surface area contributed by atoms with Crippen molar-refractivity contribution in [3.05, 3.63) is 42.0 Å². The summed E-state index contributed by atoms with van der Waals surface area (Å²) in [7, 11) is 0. The topological polar surface area (TPSA) is 38.3 Å². The largest absolute Gasteiger partial charge is 0.489 e. The molecule has 0 fully saturated rings. The molecular weight excluding hydrogens is 226 g/mol. The van der Waals surface area contributed by atoms with E-state index in [4.69, 9.17) is 4.74 Å². The molecular formula is C15H21NO2. The highest BCUT2D eigenvalue weighted by atomic mass is 16.5. The molecule has 0 aliphatic rings. The van der Waals surface area contributed by atoms with Crippen LogP contribution in [-0.4, -0.2) is 25.0 Å². The van der Waals surface area contributed by atoms with Crippen LogP contribution in [0.25, 0.3) is 0 Å². The number of Topliss-reactive ketones (excluding diaryl/α,β-unsaturated/α-hetero) is 1. The molecule has 0 saturated heterocycles. The van der Waals surface area contributed by atoms with E-state index in [9.17, 15) is 4.79 Å². The van der Waals surface area contributed by atoms with E-state index < -0.39 is 0 Å². The van der Waals surface area contributed by atoms with Crippen LogP contribution in [0.4, 0.5) is 0 Å². The quantitative estimate of drug-likeness (QED) is 0.595. The molecule has 0 heterocycles. The van der Waals surface area contributed by atoms with Gasteiger partial charge in [0.15, 0.2) is 5.78 Å². The average molecular weight is 247 g/mol. The second-order valence-electron chi connectivity index (χ2n) is 4.73. The maximum atomic E-state index is 11.8. The summed E-state index contributed by atoms with van der Waals surface area (Å²) in [6.07, 6.45) is 0. The van der Waals surface area contributed by atoms with E-state index >= 15 is 0 Å². The van der Waals surface area contributed by atoms with Crippen molar-refractivity contribution in [2.45, 2.75) is 26.8 Å². The monoisotopic (exact) mass is 247 g/mol. The van der Waals surface area contributed by atoms with Gasteiger partial charge >= 0.3 is 0 Å². The number of carbonyl (C=O) groups excluding carboxylic acids is 1. The van der Waals surface area contributed by atoms with Crippen LogP contribution in [0, 0.1) is 0 Å². The van der Waals surface area contributed by atoms with Gasteiger partial charge in [-0.2, -0.15) is 0 Å². The Morgan fingerprint density at radius 1 is 1.33 bits per heavy atom. The smallest absolute Gasteiger partial charge is 0.176 e. The predicted octanol–water partition coefficient (Wildman–Crippen LogP) is 2.82. The summed E-state index contributed by atoms with van der Waals surface area (Å²) in [5.74, 6) is 0.849. The zero-order valence-corrected chi connectivity index (χ0v) is 11.3. The molecule has 0 bridgehead atoms. The minimum absolute atomic E-state index is 0.0927. The third-order valence-corrected chi connectivity index (χ3v) is 2.33. The van der Waals surface area contributed by atoms with Gasteiger partial charge in [0, 0.05) is 11.6 Å². The molecule has 0 atom stereocenters. The normalized spacial score (nSPS) is 10.4. The Kier molecular flexibility index (Phi) is 5.59. The fourth-order valence-corrected chi connectivity index (χ4v) is 1.34. The molecule has 1 aromatic carbocycles. The van der Waals surface area contributed by atoms with Crippen molar-refractivity contribution in [3.63, 3.8) is 0 Å². The Hall–Kier alpha value is -1.61. The molecule has 0 aliphatic heterocycles. The third kappa shape index (κ3) is 5.15. The SMILES string of the molecule is C=C(C)COc1ccc(C(=O)CNC(C)C)cc1. The van der Waals surface area contributed by atoms with Crippen LogP contribution in [0.2, 0.25) is 0 Å². The maximum absolute atomic E-state index is 11.8. The van der Waals surface area contributed by atoms with Crippen LogP contribution < -0.4 is 10.1 Å². The molecule has 0 unspecified atom stereocenters. The van der Waals surface area contributed by atoms with Crippen LogP contribution in [0.3, 0.4) is 0 Å². The van der Waals surface area contributed by atoms with Crippen LogP contribution in [-0.2, 0) is 0 Å². The summed E-state index contributed by atoms with van der Waals surface area (Å²) >= 11 is 0. The summed E-state index contributed by atoms with van der Waals surface area (Å²) in [6.45, 7) is 10.6. The highest BCUT2D eigenvalue weighted by Gasteiger charge is 2.06. The van der Waals surface area contributed by atoms with E-state index in [1.165, 1.54) is 0 Å². The minimum atomic E-state index is 0.0927. The molecule has 1 N–H and O–H groups in total. The molecule has 18 heavy (non-hydrogen) atoms. The molecule has 0 aliphatic carbocycles. The highest BCUT2D eigenvalue weighted by molar-refractivity contribution is 5.97. The molecule has 3 heteroatoms. The van der Waals surface area contributed by atoms with Gasteiger partial charge in [-0.15, -0.1) is 0 Å². The second-order valence-corrected chi connectivity index (χ2v) is 4.73. The number of benzene rings is 1. The van der Waals surface area contributed by atoms with E-state index in [0.29, 0.717) is 24.8 Å². The van der Waals surface area contributed by atoms with E-state index in [1.54, 1.807) is 12.1 Å². The number of ether oxygens (including phenoxy) is 1. The molecule has 1 rings (SSSR count). The summed E-state index contributed by atoms with van der Waals surface area (Å²) in [5, 5.41) is 3.11. The van der Waals surface area contributed by atoms with Gasteiger partial charge in [0.05, 0.1) is 6.54 Å². The first-order valence-corrected chi connectivity index (χ1v) is 6.13. The fraction of sp³-hybridized carbons (Fsp3) is 0.400. The molecule has 98 valence electrons. The molecule has 0 radical (unpaired) electrons. The van der Waals surface area contributed by atoms with E-state index in [-0.39, 0.29) is 5.78 Å². The lowest BCUT2D eigenvalue weighted by Gasteiger charge is -2.08. The van der Waals surface area contributed by atoms with Gasteiger partial charge in [-0.25, -0.2) is 0 Å². The zero-order chi connectivity index (χ0) is 13.5. The van der Waals surface area contributed by atoms with Crippen LogP contribution in [0.15, 0.2) is 36.4 Å². The van der Waals surface area contributed by atoms with Crippen molar-refractivity contribution < 1.29 is 9.53 Å². The Bertz CT molecular complexity index is 407. The van der Waals surface area contributed by atoms with Gasteiger partial charge in [0.2, 0.25) is 0 Å². The van der Waals surface area contributed by atoms with Crippen molar-refractivity contribution in [3.8, 4) is 5.75 Å². The van der Waals surface area contributed by atoms with Crippen molar-refractivity contribution >= 4 is 5.78 Å². The first-order chi connectivity index (χ1) is 8.49. The van der Waals surface area contributed by atoms with Gasteiger partial charge in [0.1, 0.15) is 12.4 Å². The second kappa shape index (κ2) is 6.97. The predicted molar refractivity (Wildman–Crippen MR) is 74.2 cm³/mol. The van der Waals surface area contributed by atoms with Gasteiger partial charge in [-0.1, -0.05) is 20.4 Å². The lowest BCUT2D eigenvalue weighted by atomic mass is 10.1. The molecule has 0 saturated carbocycles. The first kappa shape index (κ1) is 14.5. The Balaban J connectivity index is 2.53. The van der Waals surface area contributed by atoms with Crippen molar-refractivity contribution in [1.29, 1.82) is 0 Å². The zero-order valence-electron chi connectivity index (χ0n) is 11.3. The van der Waals surface area contributed by atoms with Crippen LogP contribution >= 0.6 is 0 Å². The Morgan fingerprint density at radius 3 is 2.44 bits per heavy atom. The summed E-state index contributed by atoms with van der Waals surface area (Å²) in [5.41, 5.74) is 1.67. The summed E-state index contributed by atoms with van der Waals surface area (Å²) in [6, 6.07) is 7.51. The maximum Gasteiger partial charge on any atom is 0.176 e. The van der Waals surface area contributed by atoms with Gasteiger partial charge in [0.25, 0.3) is 0 Å². The highest BCUT2D eigenvalue weighted by Crippen LogP contribution is 2.13. The molecule has 1 aromatic rings. The van der Waals surface area contributed by atoms with E-state index in [2.05, 4.69) is 11.9 Å². The van der Waals surface area contributed by atoms with Crippen molar-refractivity contribution in [2.75, 3.05) is 13.2 Å². The number of ketones is 1. The number of hydrogen-bond donors (Lipinski definition) is 1. The minimum Gasteiger partial charge on any atom is -0.489 e. The molecule has 0 aromatic heterocycles. The van der Waals surface area contributed by atoms with E-state index in [1.807, 2.05) is 32.9 Å². The van der Waals surface area contributed by atoms with Crippen LogP contribution in [0.1, 0.15) is 31.1 Å². The Morgan fingerprint density at radius 2 is 1.94 bits per heavy atom. The Labute approximate surface area is 109 Å². The molecule has 3 nitrogen and oxygen atoms in total. The molecule has 0 spiro atoms. The van der Waals surface area contributed by atoms with E-state index in [0.717, 1.165) is 11.3 Å². The van der Waals surface area contributed by atoms with Crippen LogP contribution in [0.5, 0.6) is 5.75 Å². The fourth-order valence-electron chi connectivity index (χ4n) is 1.34. The van der Waals surface area contributed by atoms with Crippen molar-refractivity contribution in [1.82, 2.24) is 5.32 Å². The van der Waals surface area contributed by atoms with Gasteiger partial charge in [-0.3, -0.25) is 4.79 Å². The number of nitrogens with one attached hydrogen (secondary N) is 1. The molecule has 0 amide bonds. The van der Waals surface area contributed by atoms with Crippen molar-refractivity contribution in [2.24, 2.45) is 0 Å². The van der Waals surface area contributed by atoms with Gasteiger partial charge in [-0.05, 0) is 36.8 Å². The third-order valence-electron chi connectivity index (χ3n) is 2.33. The summed E-state index contributed by atoms with van der Waals surface area (Å²) in [4.78, 5) is 11.8. The summed E-state index contributed by atoms with van der Waals surface area (Å²) < 4.78 is 5.47.